The zero-order valence-electron chi connectivity index (χ0n) is 13.1. The number of imide groups is 1. The van der Waals surface area contributed by atoms with Gasteiger partial charge < -0.3 is 5.32 Å². The van der Waals surface area contributed by atoms with Crippen LogP contribution in [0.1, 0.15) is 12.0 Å². The fourth-order valence-corrected chi connectivity index (χ4v) is 3.35. The number of rotatable bonds is 6. The second-order valence-electron chi connectivity index (χ2n) is 5.43. The van der Waals surface area contributed by atoms with Crippen molar-refractivity contribution in [2.24, 2.45) is 0 Å². The molecule has 0 bridgehead atoms. The molecule has 1 unspecified atom stereocenters. The van der Waals surface area contributed by atoms with Crippen LogP contribution in [0, 0.1) is 0 Å². The van der Waals surface area contributed by atoms with Gasteiger partial charge in [-0.05, 0) is 18.1 Å². The van der Waals surface area contributed by atoms with E-state index in [9.17, 15) is 9.59 Å². The van der Waals surface area contributed by atoms with E-state index in [-0.39, 0.29) is 18.0 Å². The van der Waals surface area contributed by atoms with Crippen LogP contribution >= 0.6 is 11.8 Å². The minimum absolute atomic E-state index is 0.0944. The molecule has 1 aromatic carbocycles. The molecule has 1 N–H and O–H groups in total. The Kier molecular flexibility index (Phi) is 5.43. The monoisotopic (exact) mass is 342 g/mol. The molecule has 3 amide bonds. The zero-order valence-corrected chi connectivity index (χ0v) is 13.9. The van der Waals surface area contributed by atoms with Crippen molar-refractivity contribution in [3.8, 4) is 0 Å². The molecule has 1 saturated heterocycles. The Morgan fingerprint density at radius 1 is 1.21 bits per heavy atom. The number of hydrogen-bond donors (Lipinski definition) is 1. The lowest BCUT2D eigenvalue weighted by atomic mass is 10.1. The van der Waals surface area contributed by atoms with Crippen molar-refractivity contribution in [3.63, 3.8) is 0 Å². The van der Waals surface area contributed by atoms with Crippen molar-refractivity contribution in [1.29, 1.82) is 0 Å². The lowest BCUT2D eigenvalue weighted by molar-refractivity contribution is -0.139. The standard InChI is InChI=1S/C17H18N4O2S/c22-15-11-14(12-24-16-18-8-4-9-19-16)21(15)17(23)20-10-7-13-5-2-1-3-6-13/h1-6,8-9,14H,7,10-12H2,(H,20,23). The first-order chi connectivity index (χ1) is 11.7. The Hall–Kier alpha value is -2.41. The molecule has 0 radical (unpaired) electrons. The molecule has 0 aliphatic carbocycles. The summed E-state index contributed by atoms with van der Waals surface area (Å²) >= 11 is 1.45. The second-order valence-corrected chi connectivity index (χ2v) is 6.42. The summed E-state index contributed by atoms with van der Waals surface area (Å²) in [6.45, 7) is 0.508. The number of carbonyl (C=O) groups is 2. The number of carbonyl (C=O) groups excluding carboxylic acids is 2. The lowest BCUT2D eigenvalue weighted by Crippen LogP contribution is -2.59. The van der Waals surface area contributed by atoms with Crippen LogP contribution < -0.4 is 5.32 Å². The Labute approximate surface area is 144 Å². The van der Waals surface area contributed by atoms with E-state index < -0.39 is 0 Å². The van der Waals surface area contributed by atoms with Gasteiger partial charge in [0.2, 0.25) is 5.91 Å². The molecular weight excluding hydrogens is 324 g/mol. The van der Waals surface area contributed by atoms with Crippen molar-refractivity contribution < 1.29 is 9.59 Å². The quantitative estimate of drug-likeness (QED) is 0.494. The van der Waals surface area contributed by atoms with Crippen molar-refractivity contribution in [2.45, 2.75) is 24.0 Å². The topological polar surface area (TPSA) is 75.2 Å². The van der Waals surface area contributed by atoms with Crippen LogP contribution in [-0.4, -0.2) is 45.1 Å². The summed E-state index contributed by atoms with van der Waals surface area (Å²) < 4.78 is 0. The summed E-state index contributed by atoms with van der Waals surface area (Å²) in [5, 5.41) is 3.47. The molecule has 24 heavy (non-hydrogen) atoms. The summed E-state index contributed by atoms with van der Waals surface area (Å²) in [5.74, 6) is 0.480. The number of aromatic nitrogens is 2. The van der Waals surface area contributed by atoms with E-state index in [1.807, 2.05) is 30.3 Å². The highest BCUT2D eigenvalue weighted by Crippen LogP contribution is 2.25. The molecule has 0 saturated carbocycles. The van der Waals surface area contributed by atoms with Crippen molar-refractivity contribution in [1.82, 2.24) is 20.2 Å². The first kappa shape index (κ1) is 16.4. The normalized spacial score (nSPS) is 16.6. The Bertz CT molecular complexity index is 696. The Morgan fingerprint density at radius 2 is 1.96 bits per heavy atom. The van der Waals surface area contributed by atoms with Crippen LogP contribution in [0.3, 0.4) is 0 Å². The molecule has 2 heterocycles. The van der Waals surface area contributed by atoms with E-state index >= 15 is 0 Å². The number of likely N-dealkylation sites (tertiary alicyclic amines) is 1. The smallest absolute Gasteiger partial charge is 0.324 e. The Balaban J connectivity index is 1.45. The van der Waals surface area contributed by atoms with Gasteiger partial charge in [-0.3, -0.25) is 9.69 Å². The minimum Gasteiger partial charge on any atom is -0.337 e. The second kappa shape index (κ2) is 7.92. The zero-order chi connectivity index (χ0) is 16.8. The van der Waals surface area contributed by atoms with Gasteiger partial charge in [0.25, 0.3) is 0 Å². The van der Waals surface area contributed by atoms with E-state index in [0.29, 0.717) is 23.9 Å². The number of amides is 3. The van der Waals surface area contributed by atoms with Crippen LogP contribution in [-0.2, 0) is 11.2 Å². The molecular formula is C17H18N4O2S. The third-order valence-corrected chi connectivity index (χ3v) is 4.76. The lowest BCUT2D eigenvalue weighted by Gasteiger charge is -2.38. The van der Waals surface area contributed by atoms with E-state index in [1.165, 1.54) is 16.7 Å². The molecule has 1 aromatic heterocycles. The molecule has 0 spiro atoms. The first-order valence-electron chi connectivity index (χ1n) is 7.77. The fraction of sp³-hybridized carbons (Fsp3) is 0.294. The van der Waals surface area contributed by atoms with Crippen molar-refractivity contribution >= 4 is 23.7 Å². The maximum Gasteiger partial charge on any atom is 0.324 e. The maximum absolute atomic E-state index is 12.2. The van der Waals surface area contributed by atoms with Gasteiger partial charge >= 0.3 is 6.03 Å². The molecule has 1 atom stereocenters. The highest BCUT2D eigenvalue weighted by Gasteiger charge is 2.40. The number of β-lactam (4-membered cyclic amide) rings is 1. The van der Waals surface area contributed by atoms with E-state index in [2.05, 4.69) is 15.3 Å². The van der Waals surface area contributed by atoms with E-state index in [1.54, 1.807) is 18.5 Å². The molecule has 1 aliphatic heterocycles. The van der Waals surface area contributed by atoms with Crippen LogP contribution in [0.4, 0.5) is 4.79 Å². The van der Waals surface area contributed by atoms with Crippen LogP contribution in [0.25, 0.3) is 0 Å². The van der Waals surface area contributed by atoms with Gasteiger partial charge in [-0.2, -0.15) is 0 Å². The van der Waals surface area contributed by atoms with Crippen LogP contribution in [0.2, 0.25) is 0 Å². The molecule has 3 rings (SSSR count). The SMILES string of the molecule is O=C1CC(CSc2ncccn2)N1C(=O)NCCc1ccccc1. The van der Waals surface area contributed by atoms with Gasteiger partial charge in [0.15, 0.2) is 5.16 Å². The van der Waals surface area contributed by atoms with Crippen molar-refractivity contribution in [3.05, 3.63) is 54.4 Å². The molecule has 6 nitrogen and oxygen atoms in total. The van der Waals surface area contributed by atoms with Crippen molar-refractivity contribution in [2.75, 3.05) is 12.3 Å². The van der Waals surface area contributed by atoms with Gasteiger partial charge in [0.05, 0.1) is 6.04 Å². The van der Waals surface area contributed by atoms with Crippen LogP contribution in [0.15, 0.2) is 53.9 Å². The molecule has 1 fully saturated rings. The van der Waals surface area contributed by atoms with E-state index in [0.717, 1.165) is 12.0 Å². The average molecular weight is 342 g/mol. The first-order valence-corrected chi connectivity index (χ1v) is 8.76. The largest absolute Gasteiger partial charge is 0.337 e. The minimum atomic E-state index is -0.318. The van der Waals surface area contributed by atoms with Gasteiger partial charge in [-0.25, -0.2) is 14.8 Å². The maximum atomic E-state index is 12.2. The van der Waals surface area contributed by atoms with E-state index in [4.69, 9.17) is 0 Å². The summed E-state index contributed by atoms with van der Waals surface area (Å²) in [4.78, 5) is 33.5. The highest BCUT2D eigenvalue weighted by atomic mass is 32.2. The molecule has 2 aromatic rings. The molecule has 1 aliphatic rings. The summed E-state index contributed by atoms with van der Waals surface area (Å²) in [7, 11) is 0. The summed E-state index contributed by atoms with van der Waals surface area (Å²) in [6, 6.07) is 11.3. The van der Waals surface area contributed by atoms with Gasteiger partial charge in [-0.1, -0.05) is 42.1 Å². The number of nitrogens with one attached hydrogen (secondary N) is 1. The summed E-state index contributed by atoms with van der Waals surface area (Å²) in [6.07, 6.45) is 4.49. The molecule has 7 heteroatoms. The highest BCUT2D eigenvalue weighted by molar-refractivity contribution is 7.99. The predicted molar refractivity (Wildman–Crippen MR) is 91.6 cm³/mol. The van der Waals surface area contributed by atoms with Crippen LogP contribution in [0.5, 0.6) is 0 Å². The van der Waals surface area contributed by atoms with Gasteiger partial charge in [0.1, 0.15) is 0 Å². The number of urea groups is 1. The number of hydrogen-bond acceptors (Lipinski definition) is 5. The number of thioether (sulfide) groups is 1. The molecule has 124 valence electrons. The summed E-state index contributed by atoms with van der Waals surface area (Å²) in [5.41, 5.74) is 1.15. The van der Waals surface area contributed by atoms with Gasteiger partial charge in [0, 0.05) is 31.1 Å². The van der Waals surface area contributed by atoms with Gasteiger partial charge in [-0.15, -0.1) is 0 Å². The fourth-order valence-electron chi connectivity index (χ4n) is 2.47. The third-order valence-electron chi connectivity index (χ3n) is 3.74. The predicted octanol–water partition coefficient (Wildman–Crippen LogP) is 2.12. The number of benzene rings is 1. The third kappa shape index (κ3) is 4.11. The number of nitrogens with zero attached hydrogens (tertiary/aromatic N) is 3. The average Bonchev–Trinajstić information content (AvgIpc) is 2.60. The Morgan fingerprint density at radius 3 is 2.67 bits per heavy atom.